The third-order valence-corrected chi connectivity index (χ3v) is 4.87. The van der Waals surface area contributed by atoms with Crippen LogP contribution in [0.2, 0.25) is 0 Å². The van der Waals surface area contributed by atoms with Crippen molar-refractivity contribution in [3.05, 3.63) is 33.7 Å². The van der Waals surface area contributed by atoms with Gasteiger partial charge in [-0.25, -0.2) is 9.78 Å². The largest absolute Gasteiger partial charge is 0.480 e. The fourth-order valence-corrected chi connectivity index (χ4v) is 3.26. The van der Waals surface area contributed by atoms with E-state index in [2.05, 4.69) is 4.98 Å². The predicted octanol–water partition coefficient (Wildman–Crippen LogP) is 0.921. The normalized spacial score (nSPS) is 12.3. The first-order valence-electron chi connectivity index (χ1n) is 6.42. The molecular formula is C13H15N3O4S2. The molecule has 2 aromatic rings. The van der Waals surface area contributed by atoms with Crippen LogP contribution in [0.25, 0.3) is 4.96 Å². The van der Waals surface area contributed by atoms with Crippen molar-refractivity contribution in [1.29, 1.82) is 0 Å². The third-order valence-electron chi connectivity index (χ3n) is 3.16. The van der Waals surface area contributed by atoms with Crippen LogP contribution >= 0.6 is 23.1 Å². The molecule has 22 heavy (non-hydrogen) atoms. The van der Waals surface area contributed by atoms with Gasteiger partial charge in [0.15, 0.2) is 4.96 Å². The van der Waals surface area contributed by atoms with Gasteiger partial charge in [0.05, 0.1) is 11.4 Å². The first-order valence-corrected chi connectivity index (χ1v) is 8.45. The summed E-state index contributed by atoms with van der Waals surface area (Å²) in [7, 11) is 1.46. The Morgan fingerprint density at radius 1 is 1.55 bits per heavy atom. The number of hydrogen-bond donors (Lipinski definition) is 1. The van der Waals surface area contributed by atoms with Crippen LogP contribution in [0, 0.1) is 0 Å². The standard InChI is InChI=1S/C13H15N3O4S2/c1-8(12(19)20)15(2)11(18)7-21-6-9-5-10(17)16-3-4-22-13(16)14-9/h3-5,8H,6-7H2,1-2H3,(H,19,20). The number of aliphatic carboxylic acids is 1. The molecule has 1 unspecified atom stereocenters. The summed E-state index contributed by atoms with van der Waals surface area (Å²) in [6, 6.07) is 0.583. The number of aromatic nitrogens is 2. The number of carbonyl (C=O) groups is 2. The summed E-state index contributed by atoms with van der Waals surface area (Å²) >= 11 is 2.67. The SMILES string of the molecule is CC(C(=O)O)N(C)C(=O)CSCc1cc(=O)n2ccsc2n1. The van der Waals surface area contributed by atoms with Crippen LogP contribution in [0.15, 0.2) is 22.4 Å². The van der Waals surface area contributed by atoms with Gasteiger partial charge in [0.2, 0.25) is 5.91 Å². The number of carboxylic acid groups (broad SMARTS) is 1. The molecule has 0 aromatic carbocycles. The number of rotatable bonds is 6. The Labute approximate surface area is 134 Å². The van der Waals surface area contributed by atoms with E-state index in [0.29, 0.717) is 16.4 Å². The summed E-state index contributed by atoms with van der Waals surface area (Å²) in [5.74, 6) is -0.753. The molecule has 1 atom stereocenters. The summed E-state index contributed by atoms with van der Waals surface area (Å²) in [5, 5.41) is 10.7. The highest BCUT2D eigenvalue weighted by atomic mass is 32.2. The Balaban J connectivity index is 1.93. The third kappa shape index (κ3) is 3.66. The molecule has 0 radical (unpaired) electrons. The Hall–Kier alpha value is -1.87. The monoisotopic (exact) mass is 341 g/mol. The molecule has 0 aliphatic rings. The lowest BCUT2D eigenvalue weighted by atomic mass is 10.3. The minimum absolute atomic E-state index is 0.139. The van der Waals surface area contributed by atoms with Crippen molar-refractivity contribution < 1.29 is 14.7 Å². The Morgan fingerprint density at radius 3 is 2.95 bits per heavy atom. The average molecular weight is 341 g/mol. The van der Waals surface area contributed by atoms with Gasteiger partial charge in [-0.3, -0.25) is 14.0 Å². The van der Waals surface area contributed by atoms with Gasteiger partial charge >= 0.3 is 5.97 Å². The van der Waals surface area contributed by atoms with Crippen molar-refractivity contribution in [3.8, 4) is 0 Å². The van der Waals surface area contributed by atoms with Crippen LogP contribution in [-0.2, 0) is 15.3 Å². The predicted molar refractivity (Wildman–Crippen MR) is 85.4 cm³/mol. The number of carboxylic acids is 1. The lowest BCUT2D eigenvalue weighted by Crippen LogP contribution is -2.41. The van der Waals surface area contributed by atoms with Crippen molar-refractivity contribution in [3.63, 3.8) is 0 Å². The maximum absolute atomic E-state index is 11.9. The highest BCUT2D eigenvalue weighted by Gasteiger charge is 2.21. The highest BCUT2D eigenvalue weighted by molar-refractivity contribution is 7.99. The van der Waals surface area contributed by atoms with Crippen LogP contribution in [0.1, 0.15) is 12.6 Å². The highest BCUT2D eigenvalue weighted by Crippen LogP contribution is 2.13. The lowest BCUT2D eigenvalue weighted by molar-refractivity contribution is -0.147. The fraction of sp³-hybridized carbons (Fsp3) is 0.385. The van der Waals surface area contributed by atoms with Crippen LogP contribution in [0.3, 0.4) is 0 Å². The quantitative estimate of drug-likeness (QED) is 0.840. The molecule has 7 nitrogen and oxygen atoms in total. The Morgan fingerprint density at radius 2 is 2.27 bits per heavy atom. The molecule has 1 amide bonds. The summed E-state index contributed by atoms with van der Waals surface area (Å²) in [6.45, 7) is 1.46. The first kappa shape index (κ1) is 16.5. The van der Waals surface area contributed by atoms with E-state index >= 15 is 0 Å². The Bertz CT molecular complexity index is 755. The smallest absolute Gasteiger partial charge is 0.326 e. The second kappa shape index (κ2) is 6.93. The van der Waals surface area contributed by atoms with E-state index in [-0.39, 0.29) is 17.2 Å². The second-order valence-corrected chi connectivity index (χ2v) is 6.51. The molecule has 0 saturated heterocycles. The molecule has 0 bridgehead atoms. The van der Waals surface area contributed by atoms with Gasteiger partial charge in [0, 0.05) is 30.4 Å². The number of thioether (sulfide) groups is 1. The van der Waals surface area contributed by atoms with Crippen molar-refractivity contribution in [2.75, 3.05) is 12.8 Å². The number of thiazole rings is 1. The van der Waals surface area contributed by atoms with E-state index in [1.54, 1.807) is 11.6 Å². The second-order valence-electron chi connectivity index (χ2n) is 4.65. The van der Waals surface area contributed by atoms with Crippen molar-refractivity contribution in [2.24, 2.45) is 0 Å². The zero-order valence-electron chi connectivity index (χ0n) is 12.1. The number of fused-ring (bicyclic) bond motifs is 1. The molecule has 9 heteroatoms. The number of hydrogen-bond acceptors (Lipinski definition) is 6. The molecular weight excluding hydrogens is 326 g/mol. The summed E-state index contributed by atoms with van der Waals surface area (Å²) in [6.07, 6.45) is 1.66. The van der Waals surface area contributed by atoms with E-state index in [0.717, 1.165) is 0 Å². The molecule has 2 rings (SSSR count). The molecule has 1 N–H and O–H groups in total. The zero-order valence-corrected chi connectivity index (χ0v) is 13.7. The van der Waals surface area contributed by atoms with E-state index in [1.165, 1.54) is 52.4 Å². The molecule has 2 aromatic heterocycles. The van der Waals surface area contributed by atoms with E-state index < -0.39 is 12.0 Å². The van der Waals surface area contributed by atoms with Crippen molar-refractivity contribution in [1.82, 2.24) is 14.3 Å². The van der Waals surface area contributed by atoms with Crippen LogP contribution < -0.4 is 5.56 Å². The van der Waals surface area contributed by atoms with Gasteiger partial charge in [0.1, 0.15) is 6.04 Å². The molecule has 0 aliphatic heterocycles. The topological polar surface area (TPSA) is 92.0 Å². The number of likely N-dealkylation sites (N-methyl/N-ethyl adjacent to an activating group) is 1. The van der Waals surface area contributed by atoms with Crippen LogP contribution in [-0.4, -0.2) is 50.1 Å². The summed E-state index contributed by atoms with van der Waals surface area (Å²) in [4.78, 5) is 40.7. The minimum atomic E-state index is -1.04. The van der Waals surface area contributed by atoms with Gasteiger partial charge in [-0.1, -0.05) is 0 Å². The Kier molecular flexibility index (Phi) is 5.19. The van der Waals surface area contributed by atoms with Gasteiger partial charge in [-0.15, -0.1) is 23.1 Å². The maximum atomic E-state index is 11.9. The molecule has 0 fully saturated rings. The van der Waals surface area contributed by atoms with Crippen LogP contribution in [0.5, 0.6) is 0 Å². The number of amides is 1. The van der Waals surface area contributed by atoms with Crippen LogP contribution in [0.4, 0.5) is 0 Å². The number of carbonyl (C=O) groups excluding carboxylic acids is 1. The molecule has 0 saturated carbocycles. The molecule has 2 heterocycles. The zero-order chi connectivity index (χ0) is 16.3. The van der Waals surface area contributed by atoms with E-state index in [1.807, 2.05) is 0 Å². The van der Waals surface area contributed by atoms with Gasteiger partial charge < -0.3 is 10.0 Å². The van der Waals surface area contributed by atoms with E-state index in [9.17, 15) is 14.4 Å². The minimum Gasteiger partial charge on any atom is -0.480 e. The molecule has 0 aliphatic carbocycles. The summed E-state index contributed by atoms with van der Waals surface area (Å²) < 4.78 is 1.46. The maximum Gasteiger partial charge on any atom is 0.326 e. The average Bonchev–Trinajstić information content (AvgIpc) is 2.94. The fourth-order valence-electron chi connectivity index (χ4n) is 1.69. The summed E-state index contributed by atoms with van der Waals surface area (Å²) in [5.41, 5.74) is 0.462. The van der Waals surface area contributed by atoms with Gasteiger partial charge in [0.25, 0.3) is 5.56 Å². The van der Waals surface area contributed by atoms with Gasteiger partial charge in [-0.05, 0) is 6.92 Å². The first-order chi connectivity index (χ1) is 10.4. The number of nitrogens with zero attached hydrogens (tertiary/aromatic N) is 3. The van der Waals surface area contributed by atoms with Crippen molar-refractivity contribution in [2.45, 2.75) is 18.7 Å². The molecule has 0 spiro atoms. The van der Waals surface area contributed by atoms with E-state index in [4.69, 9.17) is 5.11 Å². The van der Waals surface area contributed by atoms with Crippen molar-refractivity contribution >= 4 is 39.9 Å². The molecule has 118 valence electrons. The van der Waals surface area contributed by atoms with Gasteiger partial charge in [-0.2, -0.15) is 0 Å². The lowest BCUT2D eigenvalue weighted by Gasteiger charge is -2.21.